The van der Waals surface area contributed by atoms with E-state index in [1.54, 1.807) is 36.4 Å². The number of ether oxygens (including phenoxy) is 1. The highest BCUT2D eigenvalue weighted by Gasteiger charge is 2.47. The number of nitro groups is 1. The van der Waals surface area contributed by atoms with Crippen LogP contribution in [-0.2, 0) is 4.79 Å². The highest BCUT2D eigenvalue weighted by atomic mass is 16.6. The molecule has 2 aromatic rings. The van der Waals surface area contributed by atoms with Crippen molar-refractivity contribution in [2.75, 3.05) is 6.54 Å². The molecule has 8 nitrogen and oxygen atoms in total. The second-order valence-electron chi connectivity index (χ2n) is 7.29. The minimum absolute atomic E-state index is 0.0713. The first-order chi connectivity index (χ1) is 15.0. The number of carbonyl (C=O) groups is 2. The van der Waals surface area contributed by atoms with E-state index in [-0.39, 0.29) is 22.6 Å². The molecule has 2 aliphatic rings. The monoisotopic (exact) mass is 420 g/mol. The van der Waals surface area contributed by atoms with Gasteiger partial charge in [-0.2, -0.15) is 0 Å². The number of benzene rings is 2. The van der Waals surface area contributed by atoms with Crippen molar-refractivity contribution < 1.29 is 24.4 Å². The molecule has 0 radical (unpaired) electrons. The van der Waals surface area contributed by atoms with Gasteiger partial charge in [-0.1, -0.05) is 55.8 Å². The summed E-state index contributed by atoms with van der Waals surface area (Å²) in [5.41, 5.74) is -0.161. The number of nitrogens with zero attached hydrogens (tertiary/aromatic N) is 1. The average Bonchev–Trinajstić information content (AvgIpc) is 2.77. The molecule has 1 unspecified atom stereocenters. The molecule has 1 aliphatic carbocycles. The van der Waals surface area contributed by atoms with Crippen molar-refractivity contribution in [1.82, 2.24) is 5.32 Å². The number of ketones is 2. The molecule has 1 heterocycles. The Kier molecular flexibility index (Phi) is 5.29. The molecular weight excluding hydrogens is 400 g/mol. The lowest BCUT2D eigenvalue weighted by atomic mass is 9.77. The van der Waals surface area contributed by atoms with Crippen molar-refractivity contribution in [3.05, 3.63) is 92.5 Å². The van der Waals surface area contributed by atoms with Crippen LogP contribution in [0.5, 0.6) is 5.75 Å². The van der Waals surface area contributed by atoms with Gasteiger partial charge in [0.15, 0.2) is 0 Å². The molecular formula is C23H20N2O6. The molecule has 0 spiro atoms. The SMILES string of the molecule is CCCCNC1=C([N+](=O)[O-])C(C2=C(O)c3ccccc3C(=O)C2=O)c2ccccc2O1. The number of nitrogens with one attached hydrogen (secondary N) is 1. The number of fused-ring (bicyclic) bond motifs is 2. The molecule has 0 bridgehead atoms. The predicted octanol–water partition coefficient (Wildman–Crippen LogP) is 3.73. The Morgan fingerprint density at radius 1 is 1.06 bits per heavy atom. The Labute approximate surface area is 178 Å². The molecule has 0 amide bonds. The van der Waals surface area contributed by atoms with Gasteiger partial charge < -0.3 is 15.2 Å². The maximum absolute atomic E-state index is 13.1. The van der Waals surface area contributed by atoms with E-state index in [0.717, 1.165) is 12.8 Å². The molecule has 0 aromatic heterocycles. The number of carbonyl (C=O) groups excluding carboxylic acids is 2. The summed E-state index contributed by atoms with van der Waals surface area (Å²) in [5, 5.41) is 26.1. The van der Waals surface area contributed by atoms with Gasteiger partial charge in [0, 0.05) is 23.2 Å². The molecule has 31 heavy (non-hydrogen) atoms. The first-order valence-corrected chi connectivity index (χ1v) is 9.96. The molecule has 2 N–H and O–H groups in total. The Balaban J connectivity index is 1.97. The van der Waals surface area contributed by atoms with Crippen LogP contribution in [0.25, 0.3) is 5.76 Å². The van der Waals surface area contributed by atoms with Crippen LogP contribution in [0.4, 0.5) is 0 Å². The van der Waals surface area contributed by atoms with Gasteiger partial charge in [-0.05, 0) is 12.5 Å². The van der Waals surface area contributed by atoms with Gasteiger partial charge in [0.2, 0.25) is 11.6 Å². The quantitative estimate of drug-likeness (QED) is 0.316. The number of aliphatic hydroxyl groups excluding tert-OH is 1. The maximum Gasteiger partial charge on any atom is 0.317 e. The van der Waals surface area contributed by atoms with E-state index < -0.39 is 33.9 Å². The Morgan fingerprint density at radius 2 is 1.74 bits per heavy atom. The Bertz CT molecular complexity index is 1160. The van der Waals surface area contributed by atoms with Crippen LogP contribution < -0.4 is 10.1 Å². The van der Waals surface area contributed by atoms with E-state index in [2.05, 4.69) is 5.32 Å². The maximum atomic E-state index is 13.1. The van der Waals surface area contributed by atoms with Gasteiger partial charge in [-0.25, -0.2) is 0 Å². The second-order valence-corrected chi connectivity index (χ2v) is 7.29. The van der Waals surface area contributed by atoms with Crippen LogP contribution in [0.1, 0.15) is 47.2 Å². The molecule has 8 heteroatoms. The van der Waals surface area contributed by atoms with Crippen LogP contribution in [-0.4, -0.2) is 28.1 Å². The summed E-state index contributed by atoms with van der Waals surface area (Å²) in [5.74, 6) is -3.26. The number of Topliss-reactive ketones (excluding diaryl/α,β-unsaturated/α-hetero) is 2. The molecule has 4 rings (SSSR count). The van der Waals surface area contributed by atoms with E-state index in [4.69, 9.17) is 4.74 Å². The number of allylic oxidation sites excluding steroid dienone is 1. The highest BCUT2D eigenvalue weighted by molar-refractivity contribution is 6.52. The number of aliphatic hydroxyl groups is 1. The Hall–Kier alpha value is -3.94. The van der Waals surface area contributed by atoms with Gasteiger partial charge in [-0.3, -0.25) is 19.7 Å². The van der Waals surface area contributed by atoms with Gasteiger partial charge in [0.25, 0.3) is 5.88 Å². The fraction of sp³-hybridized carbons (Fsp3) is 0.217. The van der Waals surface area contributed by atoms with Gasteiger partial charge in [0.1, 0.15) is 17.4 Å². The minimum Gasteiger partial charge on any atom is -0.507 e. The van der Waals surface area contributed by atoms with E-state index in [0.29, 0.717) is 17.9 Å². The number of hydrogen-bond acceptors (Lipinski definition) is 7. The fourth-order valence-electron chi connectivity index (χ4n) is 3.89. The zero-order valence-corrected chi connectivity index (χ0v) is 16.8. The number of unbranched alkanes of at least 4 members (excludes halogenated alkanes) is 1. The summed E-state index contributed by atoms with van der Waals surface area (Å²) in [6.07, 6.45) is 1.62. The third-order valence-corrected chi connectivity index (χ3v) is 5.38. The third kappa shape index (κ3) is 3.35. The Morgan fingerprint density at radius 3 is 2.45 bits per heavy atom. The normalized spacial score (nSPS) is 17.8. The molecule has 1 atom stereocenters. The van der Waals surface area contributed by atoms with E-state index in [1.165, 1.54) is 12.1 Å². The van der Waals surface area contributed by atoms with Crippen molar-refractivity contribution in [3.8, 4) is 5.75 Å². The lowest BCUT2D eigenvalue weighted by Gasteiger charge is -2.29. The van der Waals surface area contributed by atoms with Crippen LogP contribution in [0.15, 0.2) is 65.7 Å². The average molecular weight is 420 g/mol. The van der Waals surface area contributed by atoms with Gasteiger partial charge in [-0.15, -0.1) is 0 Å². The molecule has 0 saturated heterocycles. The van der Waals surface area contributed by atoms with Crippen molar-refractivity contribution in [3.63, 3.8) is 0 Å². The summed E-state index contributed by atoms with van der Waals surface area (Å²) in [6.45, 7) is 2.41. The molecule has 158 valence electrons. The van der Waals surface area contributed by atoms with Crippen molar-refractivity contribution in [2.24, 2.45) is 0 Å². The van der Waals surface area contributed by atoms with Crippen molar-refractivity contribution in [2.45, 2.75) is 25.7 Å². The zero-order valence-electron chi connectivity index (χ0n) is 16.8. The van der Waals surface area contributed by atoms with Crippen LogP contribution >= 0.6 is 0 Å². The fourth-order valence-corrected chi connectivity index (χ4v) is 3.89. The first kappa shape index (κ1) is 20.3. The number of para-hydroxylation sites is 1. The summed E-state index contributed by atoms with van der Waals surface area (Å²) >= 11 is 0. The number of rotatable bonds is 6. The number of hydrogen-bond donors (Lipinski definition) is 2. The lowest BCUT2D eigenvalue weighted by Crippen LogP contribution is -2.34. The molecule has 2 aromatic carbocycles. The third-order valence-electron chi connectivity index (χ3n) is 5.38. The van der Waals surface area contributed by atoms with Crippen LogP contribution in [0.3, 0.4) is 0 Å². The minimum atomic E-state index is -1.27. The van der Waals surface area contributed by atoms with E-state index in [1.807, 2.05) is 6.92 Å². The van der Waals surface area contributed by atoms with E-state index in [9.17, 15) is 24.8 Å². The first-order valence-electron chi connectivity index (χ1n) is 9.96. The van der Waals surface area contributed by atoms with Gasteiger partial charge in [0.05, 0.1) is 10.5 Å². The second kappa shape index (κ2) is 8.06. The van der Waals surface area contributed by atoms with Crippen molar-refractivity contribution >= 4 is 17.3 Å². The van der Waals surface area contributed by atoms with Crippen molar-refractivity contribution in [1.29, 1.82) is 0 Å². The largest absolute Gasteiger partial charge is 0.507 e. The summed E-state index contributed by atoms with van der Waals surface area (Å²) < 4.78 is 5.77. The predicted molar refractivity (Wildman–Crippen MR) is 112 cm³/mol. The van der Waals surface area contributed by atoms with Crippen LogP contribution in [0, 0.1) is 10.1 Å². The standard InChI is InChI=1S/C23H20N2O6/c1-2-3-12-24-23-19(25(29)30)17(15-10-6-7-11-16(15)31-23)18-20(26)13-8-4-5-9-14(13)21(27)22(18)28/h4-11,17,24,26H,2-3,12H2,1H3. The van der Waals surface area contributed by atoms with Crippen LogP contribution in [0.2, 0.25) is 0 Å². The molecule has 0 fully saturated rings. The summed E-state index contributed by atoms with van der Waals surface area (Å²) in [6, 6.07) is 12.7. The van der Waals surface area contributed by atoms with Gasteiger partial charge >= 0.3 is 5.70 Å². The smallest absolute Gasteiger partial charge is 0.317 e. The lowest BCUT2D eigenvalue weighted by molar-refractivity contribution is -0.433. The molecule has 0 saturated carbocycles. The summed E-state index contributed by atoms with van der Waals surface area (Å²) in [4.78, 5) is 37.3. The summed E-state index contributed by atoms with van der Waals surface area (Å²) in [7, 11) is 0. The van der Waals surface area contributed by atoms with E-state index >= 15 is 0 Å². The molecule has 1 aliphatic heterocycles. The topological polar surface area (TPSA) is 119 Å². The highest BCUT2D eigenvalue weighted by Crippen LogP contribution is 2.46. The zero-order chi connectivity index (χ0) is 22.1.